The molecule has 0 saturated carbocycles. The molecule has 1 N–H and O–H groups in total. The van der Waals surface area contributed by atoms with E-state index < -0.39 is 5.97 Å². The van der Waals surface area contributed by atoms with Gasteiger partial charge in [0.1, 0.15) is 0 Å². The molecule has 0 unspecified atom stereocenters. The summed E-state index contributed by atoms with van der Waals surface area (Å²) in [5, 5.41) is 8.84. The average Bonchev–Trinajstić information content (AvgIpc) is 2.25. The van der Waals surface area contributed by atoms with Crippen molar-refractivity contribution in [2.75, 3.05) is 30.5 Å². The number of carbonyl (C=O) groups is 1. The van der Waals surface area contributed by atoms with Gasteiger partial charge in [-0.2, -0.15) is 11.8 Å². The molecule has 0 atom stereocenters. The largest absolute Gasteiger partial charge is 0.478 e. The maximum atomic E-state index is 10.8. The fraction of sp³-hybridized carbons (Fsp3) is 0.500. The summed E-state index contributed by atoms with van der Waals surface area (Å²) < 4.78 is 0. The molecule has 0 aliphatic heterocycles. The normalized spacial score (nSPS) is 10.2. The van der Waals surface area contributed by atoms with E-state index in [1.54, 1.807) is 18.7 Å². The topological polar surface area (TPSA) is 66.3 Å². The Morgan fingerprint density at radius 1 is 1.62 bits per heavy atom. The molecular weight excluding hydrogens is 226 g/mol. The molecular formula is C10H15N3O2S. The molecule has 88 valence electrons. The van der Waals surface area contributed by atoms with Crippen molar-refractivity contribution < 1.29 is 9.90 Å². The highest BCUT2D eigenvalue weighted by Crippen LogP contribution is 2.10. The van der Waals surface area contributed by atoms with E-state index in [1.807, 2.05) is 18.2 Å². The van der Waals surface area contributed by atoms with Gasteiger partial charge >= 0.3 is 5.97 Å². The number of carboxylic acid groups (broad SMARTS) is 1. The van der Waals surface area contributed by atoms with Crippen LogP contribution in [0.3, 0.4) is 0 Å². The highest BCUT2D eigenvalue weighted by atomic mass is 32.2. The SMILES string of the molecule is CSCCN(C)c1ncc(C(=O)O)c(C)n1. The number of aryl methyl sites for hydroxylation is 1. The molecule has 0 spiro atoms. The first-order valence-corrected chi connectivity index (χ1v) is 6.22. The number of rotatable bonds is 5. The van der Waals surface area contributed by atoms with Crippen LogP contribution in [0.2, 0.25) is 0 Å². The minimum absolute atomic E-state index is 0.155. The molecule has 0 aromatic carbocycles. The van der Waals surface area contributed by atoms with Gasteiger partial charge in [-0.15, -0.1) is 0 Å². The van der Waals surface area contributed by atoms with Crippen LogP contribution in [0.1, 0.15) is 16.1 Å². The van der Waals surface area contributed by atoms with Gasteiger partial charge in [-0.1, -0.05) is 0 Å². The Hall–Kier alpha value is -1.30. The van der Waals surface area contributed by atoms with Crippen LogP contribution < -0.4 is 4.90 Å². The molecule has 0 aliphatic rings. The quantitative estimate of drug-likeness (QED) is 0.837. The van der Waals surface area contributed by atoms with Gasteiger partial charge < -0.3 is 10.0 Å². The lowest BCUT2D eigenvalue weighted by Crippen LogP contribution is -2.23. The Labute approximate surface area is 98.9 Å². The summed E-state index contributed by atoms with van der Waals surface area (Å²) in [5.41, 5.74) is 0.649. The third-order valence-electron chi connectivity index (χ3n) is 2.17. The van der Waals surface area contributed by atoms with E-state index in [1.165, 1.54) is 6.20 Å². The summed E-state index contributed by atoms with van der Waals surface area (Å²) in [6.07, 6.45) is 3.39. The Balaban J connectivity index is 2.84. The van der Waals surface area contributed by atoms with Gasteiger partial charge in [0.25, 0.3) is 0 Å². The summed E-state index contributed by atoms with van der Waals surface area (Å²) in [6, 6.07) is 0. The van der Waals surface area contributed by atoms with Crippen LogP contribution in [0.4, 0.5) is 5.95 Å². The van der Waals surface area contributed by atoms with Gasteiger partial charge in [-0.3, -0.25) is 0 Å². The van der Waals surface area contributed by atoms with Crippen molar-refractivity contribution in [3.05, 3.63) is 17.5 Å². The zero-order chi connectivity index (χ0) is 12.1. The second kappa shape index (κ2) is 5.69. The second-order valence-electron chi connectivity index (χ2n) is 3.39. The third kappa shape index (κ3) is 3.10. The summed E-state index contributed by atoms with van der Waals surface area (Å²) >= 11 is 1.75. The molecule has 5 nitrogen and oxygen atoms in total. The minimum atomic E-state index is -0.990. The highest BCUT2D eigenvalue weighted by molar-refractivity contribution is 7.98. The Bertz CT molecular complexity index is 384. The van der Waals surface area contributed by atoms with Crippen molar-refractivity contribution in [3.8, 4) is 0 Å². The van der Waals surface area contributed by atoms with Gasteiger partial charge in [0, 0.05) is 25.5 Å². The summed E-state index contributed by atoms with van der Waals surface area (Å²) in [7, 11) is 1.89. The van der Waals surface area contributed by atoms with Crippen LogP contribution in [0.5, 0.6) is 0 Å². The molecule has 1 aromatic rings. The van der Waals surface area contributed by atoms with Crippen LogP contribution in [0.25, 0.3) is 0 Å². The fourth-order valence-corrected chi connectivity index (χ4v) is 1.63. The molecule has 0 radical (unpaired) electrons. The van der Waals surface area contributed by atoms with Gasteiger partial charge in [-0.05, 0) is 13.2 Å². The number of anilines is 1. The van der Waals surface area contributed by atoms with Crippen LogP contribution in [-0.4, -0.2) is 46.6 Å². The predicted octanol–water partition coefficient (Wildman–Crippen LogP) is 1.28. The smallest absolute Gasteiger partial charge is 0.339 e. The van der Waals surface area contributed by atoms with E-state index in [9.17, 15) is 4.79 Å². The number of hydrogen-bond donors (Lipinski definition) is 1. The number of nitrogens with zero attached hydrogens (tertiary/aromatic N) is 3. The maximum Gasteiger partial charge on any atom is 0.339 e. The maximum absolute atomic E-state index is 10.8. The van der Waals surface area contributed by atoms with Gasteiger partial charge in [0.15, 0.2) is 0 Å². The average molecular weight is 241 g/mol. The van der Waals surface area contributed by atoms with E-state index in [2.05, 4.69) is 9.97 Å². The molecule has 0 bridgehead atoms. The summed E-state index contributed by atoms with van der Waals surface area (Å²) in [6.45, 7) is 2.52. The lowest BCUT2D eigenvalue weighted by Gasteiger charge is -2.16. The first-order valence-electron chi connectivity index (χ1n) is 4.83. The standard InChI is InChI=1S/C10H15N3O2S/c1-7-8(9(14)15)6-11-10(12-7)13(2)4-5-16-3/h6H,4-5H2,1-3H3,(H,14,15). The molecule has 1 aromatic heterocycles. The first-order chi connectivity index (χ1) is 7.56. The van der Waals surface area contributed by atoms with Crippen molar-refractivity contribution >= 4 is 23.7 Å². The lowest BCUT2D eigenvalue weighted by atomic mass is 10.2. The Morgan fingerprint density at radius 3 is 2.81 bits per heavy atom. The molecule has 6 heteroatoms. The second-order valence-corrected chi connectivity index (χ2v) is 4.37. The van der Waals surface area contributed by atoms with E-state index in [0.29, 0.717) is 11.6 Å². The van der Waals surface area contributed by atoms with Crippen LogP contribution >= 0.6 is 11.8 Å². The van der Waals surface area contributed by atoms with Crippen molar-refractivity contribution in [2.24, 2.45) is 0 Å². The van der Waals surface area contributed by atoms with Crippen LogP contribution in [0.15, 0.2) is 6.20 Å². The molecule has 16 heavy (non-hydrogen) atoms. The number of carboxylic acids is 1. The number of aromatic carboxylic acids is 1. The van der Waals surface area contributed by atoms with Crippen LogP contribution in [0, 0.1) is 6.92 Å². The number of hydrogen-bond acceptors (Lipinski definition) is 5. The van der Waals surface area contributed by atoms with Gasteiger partial charge in [0.05, 0.1) is 11.3 Å². The van der Waals surface area contributed by atoms with Crippen LogP contribution in [-0.2, 0) is 0 Å². The number of thioether (sulfide) groups is 1. The van der Waals surface area contributed by atoms with Crippen molar-refractivity contribution in [2.45, 2.75) is 6.92 Å². The minimum Gasteiger partial charge on any atom is -0.478 e. The van der Waals surface area contributed by atoms with Gasteiger partial charge in [0.2, 0.25) is 5.95 Å². The van der Waals surface area contributed by atoms with E-state index in [4.69, 9.17) is 5.11 Å². The zero-order valence-electron chi connectivity index (χ0n) is 9.60. The van der Waals surface area contributed by atoms with Crippen molar-refractivity contribution in [1.82, 2.24) is 9.97 Å². The zero-order valence-corrected chi connectivity index (χ0v) is 10.4. The Kier molecular flexibility index (Phi) is 4.54. The van der Waals surface area contributed by atoms with E-state index >= 15 is 0 Å². The Morgan fingerprint density at radius 2 is 2.31 bits per heavy atom. The monoisotopic (exact) mass is 241 g/mol. The highest BCUT2D eigenvalue weighted by Gasteiger charge is 2.11. The van der Waals surface area contributed by atoms with E-state index in [0.717, 1.165) is 12.3 Å². The lowest BCUT2D eigenvalue weighted by molar-refractivity contribution is 0.0695. The number of aromatic nitrogens is 2. The summed E-state index contributed by atoms with van der Waals surface area (Å²) in [5.74, 6) is 0.562. The molecule has 0 aliphatic carbocycles. The molecule has 0 saturated heterocycles. The van der Waals surface area contributed by atoms with E-state index in [-0.39, 0.29) is 5.56 Å². The van der Waals surface area contributed by atoms with Crippen molar-refractivity contribution in [3.63, 3.8) is 0 Å². The van der Waals surface area contributed by atoms with Gasteiger partial charge in [-0.25, -0.2) is 14.8 Å². The molecule has 0 amide bonds. The molecule has 1 rings (SSSR count). The summed E-state index contributed by atoms with van der Waals surface area (Å²) in [4.78, 5) is 20.9. The first kappa shape index (κ1) is 12.8. The third-order valence-corrected chi connectivity index (χ3v) is 2.76. The predicted molar refractivity (Wildman–Crippen MR) is 65.4 cm³/mol. The fourth-order valence-electron chi connectivity index (χ4n) is 1.18. The van der Waals surface area contributed by atoms with Crippen molar-refractivity contribution in [1.29, 1.82) is 0 Å². The molecule has 1 heterocycles. The molecule has 0 fully saturated rings.